The number of hydrogen-bond acceptors (Lipinski definition) is 2. The SMILES string of the molecule is C#CC1CC(=O)N(c2ccc(I)cc2C(=O)O)C1. The maximum atomic E-state index is 11.8. The maximum Gasteiger partial charge on any atom is 0.337 e. The molecule has 0 radical (unpaired) electrons. The summed E-state index contributed by atoms with van der Waals surface area (Å²) < 4.78 is 0.814. The van der Waals surface area contributed by atoms with Crippen LogP contribution in [0.15, 0.2) is 18.2 Å². The molecular formula is C13H10INO3. The predicted octanol–water partition coefficient (Wildman–Crippen LogP) is 1.98. The van der Waals surface area contributed by atoms with Crippen LogP contribution in [-0.4, -0.2) is 23.5 Å². The molecule has 1 aromatic carbocycles. The van der Waals surface area contributed by atoms with Crippen molar-refractivity contribution in [1.82, 2.24) is 0 Å². The number of carbonyl (C=O) groups excluding carboxylic acids is 1. The average molecular weight is 355 g/mol. The van der Waals surface area contributed by atoms with Crippen molar-refractivity contribution in [2.75, 3.05) is 11.4 Å². The number of hydrogen-bond donors (Lipinski definition) is 1. The molecule has 0 saturated carbocycles. The molecule has 4 nitrogen and oxygen atoms in total. The summed E-state index contributed by atoms with van der Waals surface area (Å²) in [6, 6.07) is 4.98. The molecule has 0 aromatic heterocycles. The summed E-state index contributed by atoms with van der Waals surface area (Å²) >= 11 is 2.04. The molecule has 1 amide bonds. The number of terminal acetylenes is 1. The van der Waals surface area contributed by atoms with Crippen LogP contribution in [0.5, 0.6) is 0 Å². The first-order chi connectivity index (χ1) is 8.52. The number of halogens is 1. The van der Waals surface area contributed by atoms with Crippen molar-refractivity contribution in [2.24, 2.45) is 5.92 Å². The van der Waals surface area contributed by atoms with Gasteiger partial charge in [-0.3, -0.25) is 4.79 Å². The second kappa shape index (κ2) is 4.98. The lowest BCUT2D eigenvalue weighted by Gasteiger charge is -2.18. The van der Waals surface area contributed by atoms with Gasteiger partial charge in [0.2, 0.25) is 5.91 Å². The molecule has 0 spiro atoms. The van der Waals surface area contributed by atoms with Gasteiger partial charge >= 0.3 is 5.97 Å². The Morgan fingerprint density at radius 3 is 2.83 bits per heavy atom. The van der Waals surface area contributed by atoms with Gasteiger partial charge in [-0.05, 0) is 40.8 Å². The number of benzene rings is 1. The van der Waals surface area contributed by atoms with Crippen molar-refractivity contribution >= 4 is 40.2 Å². The van der Waals surface area contributed by atoms with E-state index < -0.39 is 5.97 Å². The van der Waals surface area contributed by atoms with Gasteiger partial charge in [0.05, 0.1) is 11.3 Å². The van der Waals surface area contributed by atoms with E-state index in [-0.39, 0.29) is 23.8 Å². The minimum absolute atomic E-state index is 0.123. The van der Waals surface area contributed by atoms with E-state index in [4.69, 9.17) is 6.42 Å². The third kappa shape index (κ3) is 2.34. The summed E-state index contributed by atoms with van der Waals surface area (Å²) in [5.74, 6) is 1.24. The molecule has 2 rings (SSSR count). The molecule has 1 saturated heterocycles. The Morgan fingerprint density at radius 2 is 2.28 bits per heavy atom. The summed E-state index contributed by atoms with van der Waals surface area (Å²) in [5, 5.41) is 9.18. The summed E-state index contributed by atoms with van der Waals surface area (Å²) in [6.07, 6.45) is 5.59. The number of aromatic carboxylic acids is 1. The number of amides is 1. The van der Waals surface area contributed by atoms with Gasteiger partial charge in [0.25, 0.3) is 0 Å². The zero-order chi connectivity index (χ0) is 13.3. The molecule has 18 heavy (non-hydrogen) atoms. The fourth-order valence-electron chi connectivity index (χ4n) is 1.97. The maximum absolute atomic E-state index is 11.8. The van der Waals surface area contributed by atoms with Gasteiger partial charge < -0.3 is 10.0 Å². The number of nitrogens with zero attached hydrogens (tertiary/aromatic N) is 1. The number of carboxylic acid groups (broad SMARTS) is 1. The molecule has 92 valence electrons. The van der Waals surface area contributed by atoms with Crippen molar-refractivity contribution in [3.8, 4) is 12.3 Å². The summed E-state index contributed by atoms with van der Waals surface area (Å²) in [7, 11) is 0. The molecular weight excluding hydrogens is 345 g/mol. The van der Waals surface area contributed by atoms with E-state index in [9.17, 15) is 14.7 Å². The highest BCUT2D eigenvalue weighted by molar-refractivity contribution is 14.1. The Labute approximate surface area is 118 Å². The van der Waals surface area contributed by atoms with E-state index in [0.717, 1.165) is 3.57 Å². The van der Waals surface area contributed by atoms with Crippen LogP contribution in [-0.2, 0) is 4.79 Å². The fourth-order valence-corrected chi connectivity index (χ4v) is 2.46. The smallest absolute Gasteiger partial charge is 0.337 e. The van der Waals surface area contributed by atoms with Gasteiger partial charge in [0, 0.05) is 22.5 Å². The normalized spacial score (nSPS) is 18.8. The predicted molar refractivity (Wildman–Crippen MR) is 75.4 cm³/mol. The van der Waals surface area contributed by atoms with E-state index in [1.54, 1.807) is 18.2 Å². The van der Waals surface area contributed by atoms with Gasteiger partial charge in [0.15, 0.2) is 0 Å². The Morgan fingerprint density at radius 1 is 1.56 bits per heavy atom. The molecule has 0 bridgehead atoms. The quantitative estimate of drug-likeness (QED) is 0.652. The van der Waals surface area contributed by atoms with Crippen molar-refractivity contribution in [2.45, 2.75) is 6.42 Å². The van der Waals surface area contributed by atoms with Crippen LogP contribution < -0.4 is 4.90 Å². The van der Waals surface area contributed by atoms with Gasteiger partial charge in [-0.1, -0.05) is 0 Å². The monoisotopic (exact) mass is 355 g/mol. The van der Waals surface area contributed by atoms with Crippen LogP contribution in [0.1, 0.15) is 16.8 Å². The molecule has 1 aliphatic heterocycles. The number of carbonyl (C=O) groups is 2. The third-order valence-corrected chi connectivity index (χ3v) is 3.51. The van der Waals surface area contributed by atoms with E-state index >= 15 is 0 Å². The summed E-state index contributed by atoms with van der Waals surface area (Å²) in [5.41, 5.74) is 0.554. The Balaban J connectivity index is 2.43. The van der Waals surface area contributed by atoms with Crippen LogP contribution in [0, 0.1) is 21.8 Å². The largest absolute Gasteiger partial charge is 0.478 e. The van der Waals surface area contributed by atoms with Crippen molar-refractivity contribution < 1.29 is 14.7 Å². The minimum atomic E-state index is -1.04. The lowest BCUT2D eigenvalue weighted by atomic mass is 10.1. The highest BCUT2D eigenvalue weighted by Gasteiger charge is 2.31. The lowest BCUT2D eigenvalue weighted by molar-refractivity contribution is -0.117. The molecule has 1 atom stereocenters. The Hall–Kier alpha value is -1.55. The molecule has 1 unspecified atom stereocenters. The Bertz CT molecular complexity index is 562. The average Bonchev–Trinajstić information content (AvgIpc) is 2.70. The molecule has 5 heteroatoms. The first kappa shape index (κ1) is 12.9. The van der Waals surface area contributed by atoms with Crippen LogP contribution in [0.2, 0.25) is 0 Å². The first-order valence-electron chi connectivity index (χ1n) is 5.32. The zero-order valence-electron chi connectivity index (χ0n) is 9.39. The number of rotatable bonds is 2. The summed E-state index contributed by atoms with van der Waals surface area (Å²) in [6.45, 7) is 0.385. The zero-order valence-corrected chi connectivity index (χ0v) is 11.5. The van der Waals surface area contributed by atoms with E-state index in [1.807, 2.05) is 22.6 Å². The van der Waals surface area contributed by atoms with Crippen LogP contribution in [0.3, 0.4) is 0 Å². The van der Waals surface area contributed by atoms with Crippen LogP contribution in [0.4, 0.5) is 5.69 Å². The van der Waals surface area contributed by atoms with Gasteiger partial charge in [-0.2, -0.15) is 0 Å². The second-order valence-corrected chi connectivity index (χ2v) is 5.28. The van der Waals surface area contributed by atoms with Crippen LogP contribution in [0.25, 0.3) is 0 Å². The van der Waals surface area contributed by atoms with Crippen molar-refractivity contribution in [3.63, 3.8) is 0 Å². The third-order valence-electron chi connectivity index (χ3n) is 2.84. The van der Waals surface area contributed by atoms with E-state index in [2.05, 4.69) is 5.92 Å². The number of carboxylic acids is 1. The van der Waals surface area contributed by atoms with Gasteiger partial charge in [-0.15, -0.1) is 12.3 Å². The highest BCUT2D eigenvalue weighted by atomic mass is 127. The molecule has 1 fully saturated rings. The van der Waals surface area contributed by atoms with E-state index in [1.165, 1.54) is 4.90 Å². The van der Waals surface area contributed by atoms with Crippen molar-refractivity contribution in [1.29, 1.82) is 0 Å². The molecule has 1 aliphatic rings. The van der Waals surface area contributed by atoms with Gasteiger partial charge in [-0.25, -0.2) is 4.79 Å². The molecule has 0 aliphatic carbocycles. The highest BCUT2D eigenvalue weighted by Crippen LogP contribution is 2.29. The fraction of sp³-hybridized carbons (Fsp3) is 0.231. The number of anilines is 1. The van der Waals surface area contributed by atoms with Crippen LogP contribution >= 0.6 is 22.6 Å². The van der Waals surface area contributed by atoms with Gasteiger partial charge in [0.1, 0.15) is 0 Å². The summed E-state index contributed by atoms with van der Waals surface area (Å²) in [4.78, 5) is 24.5. The standard InChI is InChI=1S/C13H10INO3/c1-2-8-5-12(16)15(7-8)11-4-3-9(14)6-10(11)13(17)18/h1,3-4,6,8H,5,7H2,(H,17,18). The first-order valence-corrected chi connectivity index (χ1v) is 6.40. The lowest BCUT2D eigenvalue weighted by Crippen LogP contribution is -2.26. The molecule has 1 heterocycles. The molecule has 1 N–H and O–H groups in total. The topological polar surface area (TPSA) is 57.6 Å². The van der Waals surface area contributed by atoms with E-state index in [0.29, 0.717) is 12.2 Å². The second-order valence-electron chi connectivity index (χ2n) is 4.04. The molecule has 1 aromatic rings. The minimum Gasteiger partial charge on any atom is -0.478 e. The van der Waals surface area contributed by atoms with Crippen molar-refractivity contribution in [3.05, 3.63) is 27.3 Å². The Kier molecular flexibility index (Phi) is 3.57.